The Morgan fingerprint density at radius 1 is 0.900 bits per heavy atom. The summed E-state index contributed by atoms with van der Waals surface area (Å²) < 4.78 is 25.3. The zero-order valence-corrected chi connectivity index (χ0v) is 39.0. The van der Waals surface area contributed by atoms with E-state index in [2.05, 4.69) is 42.9 Å². The second kappa shape index (κ2) is 21.5. The van der Waals surface area contributed by atoms with E-state index < -0.39 is 107 Å². The molecule has 21 heteroatoms. The molecule has 3 aromatic carbocycles. The number of nitrogens with zero attached hydrogens (tertiary/aromatic N) is 7. The fourth-order valence-corrected chi connectivity index (χ4v) is 9.31. The summed E-state index contributed by atoms with van der Waals surface area (Å²) in [5.41, 5.74) is -2.96. The van der Waals surface area contributed by atoms with Gasteiger partial charge >= 0.3 is 0 Å². The number of aromatic hydroxyl groups is 2. The van der Waals surface area contributed by atoms with Crippen molar-refractivity contribution in [2.75, 3.05) is 13.7 Å². The highest BCUT2D eigenvalue weighted by Gasteiger charge is 2.50. The first kappa shape index (κ1) is 49.6. The molecule has 3 aliphatic rings. The van der Waals surface area contributed by atoms with Crippen LogP contribution in [0.15, 0.2) is 48.7 Å². The molecule has 1 saturated heterocycles. The van der Waals surface area contributed by atoms with Crippen LogP contribution in [0.2, 0.25) is 0 Å². The van der Waals surface area contributed by atoms with E-state index in [4.69, 9.17) is 18.9 Å². The number of aromatic nitrogens is 7. The molecule has 1 fully saturated rings. The van der Waals surface area contributed by atoms with Crippen molar-refractivity contribution in [2.45, 2.75) is 134 Å². The molecule has 1 amide bonds. The number of ketones is 3. The minimum absolute atomic E-state index is 0.0483. The van der Waals surface area contributed by atoms with Crippen LogP contribution in [-0.2, 0) is 33.8 Å². The lowest BCUT2D eigenvalue weighted by Crippen LogP contribution is -2.56. The molecule has 6 atom stereocenters. The van der Waals surface area contributed by atoms with Crippen molar-refractivity contribution in [3.05, 3.63) is 93.6 Å². The Morgan fingerprint density at radius 3 is 2.30 bits per heavy atom. The number of rotatable bonds is 20. The van der Waals surface area contributed by atoms with Crippen LogP contribution in [0.4, 0.5) is 0 Å². The SMILES string of the molecule is CCCCCCCCCCn1cc(COc2ccc(-c3nnc(C(=O)NC4CC(OC5CC(O)(C(=O)CO)Cc6c(O)c7c(c(O)c65)C(=O)c5c(OC)cccc5C7=O)OC(C)C4O)nn3)cc2)nn1. The van der Waals surface area contributed by atoms with Crippen molar-refractivity contribution < 1.29 is 63.7 Å². The molecule has 0 bridgehead atoms. The molecular weight excluding hydrogens is 909 g/mol. The van der Waals surface area contributed by atoms with Gasteiger partial charge in [-0.05, 0) is 43.7 Å². The van der Waals surface area contributed by atoms with E-state index in [1.807, 2.05) is 10.9 Å². The highest BCUT2D eigenvalue weighted by Crippen LogP contribution is 2.52. The monoisotopic (exact) mass is 964 g/mol. The third-order valence-electron chi connectivity index (χ3n) is 13.1. The maximum Gasteiger partial charge on any atom is 0.293 e. The molecule has 21 nitrogen and oxygen atoms in total. The third-order valence-corrected chi connectivity index (χ3v) is 13.1. The van der Waals surface area contributed by atoms with E-state index in [1.165, 1.54) is 70.8 Å². The van der Waals surface area contributed by atoms with Gasteiger partial charge in [-0.25, -0.2) is 0 Å². The quantitative estimate of drug-likeness (QED) is 0.0465. The molecule has 2 aromatic heterocycles. The Morgan fingerprint density at radius 2 is 1.60 bits per heavy atom. The van der Waals surface area contributed by atoms with Crippen molar-refractivity contribution >= 4 is 23.3 Å². The average molecular weight is 965 g/mol. The van der Waals surface area contributed by atoms with Gasteiger partial charge in [0.2, 0.25) is 11.6 Å². The number of carbonyl (C=O) groups excluding carboxylic acids is 4. The molecule has 0 saturated carbocycles. The zero-order valence-electron chi connectivity index (χ0n) is 39.0. The number of unbranched alkanes of at least 4 members (excludes halogenated alkanes) is 7. The molecule has 5 aromatic rings. The Bertz CT molecular complexity index is 2730. The number of amides is 1. The number of phenols is 2. The minimum Gasteiger partial charge on any atom is -0.507 e. The van der Waals surface area contributed by atoms with Crippen LogP contribution in [0.5, 0.6) is 23.0 Å². The number of aliphatic hydroxyl groups excluding tert-OH is 2. The van der Waals surface area contributed by atoms with Gasteiger partial charge in [0.15, 0.2) is 17.9 Å². The van der Waals surface area contributed by atoms with Crippen LogP contribution in [-0.4, -0.2) is 128 Å². The van der Waals surface area contributed by atoms with Gasteiger partial charge in [0.1, 0.15) is 53.6 Å². The number of fused-ring (bicyclic) bond motifs is 3. The molecule has 6 unspecified atom stereocenters. The summed E-state index contributed by atoms with van der Waals surface area (Å²) in [6, 6.07) is 10.1. The number of methoxy groups -OCH3 is 1. The lowest BCUT2D eigenvalue weighted by Gasteiger charge is -2.42. The standard InChI is InChI=1S/C49H56N8O13/c1-4-5-6-7-8-9-10-11-19-57-23-28(51-56-57)25-68-29-17-15-27(16-18-29)46-52-54-47(55-53-46)48(65)50-32-20-36(69-26(2)41(32)60)70-34-22-49(66,35(59)24-58)21-31-38(34)45(64)40-39(43(31)62)42(61)30-13-12-14-33(67-3)37(30)44(40)63/h12-18,23,26,32,34,36,41,58,60,62,64,66H,4-11,19-22,24-25H2,1-3H3,(H,50,65). The molecule has 370 valence electrons. The first-order valence-electron chi connectivity index (χ1n) is 23.5. The Hall–Kier alpha value is -6.78. The number of ether oxygens (including phenoxy) is 4. The van der Waals surface area contributed by atoms with E-state index in [0.29, 0.717) is 17.0 Å². The minimum atomic E-state index is -2.38. The summed E-state index contributed by atoms with van der Waals surface area (Å²) in [7, 11) is 1.30. The van der Waals surface area contributed by atoms with Gasteiger partial charge in [-0.1, -0.05) is 69.2 Å². The zero-order chi connectivity index (χ0) is 49.7. The van der Waals surface area contributed by atoms with Crippen LogP contribution in [0.3, 0.4) is 0 Å². The molecule has 70 heavy (non-hydrogen) atoms. The fraction of sp³-hybridized carbons (Fsp3) is 0.469. The van der Waals surface area contributed by atoms with Crippen LogP contribution in [0, 0.1) is 0 Å². The van der Waals surface area contributed by atoms with Gasteiger partial charge in [0.05, 0.1) is 48.2 Å². The number of hydrogen-bond acceptors (Lipinski definition) is 19. The summed E-state index contributed by atoms with van der Waals surface area (Å²) in [4.78, 5) is 54.4. The Kier molecular flexibility index (Phi) is 15.2. The third kappa shape index (κ3) is 10.2. The van der Waals surface area contributed by atoms with E-state index in [-0.39, 0.29) is 46.9 Å². The Labute approximate surface area is 402 Å². The maximum absolute atomic E-state index is 14.0. The molecule has 6 N–H and O–H groups in total. The highest BCUT2D eigenvalue weighted by atomic mass is 16.7. The summed E-state index contributed by atoms with van der Waals surface area (Å²) in [6.45, 7) is 3.66. The average Bonchev–Trinajstić information content (AvgIpc) is 3.83. The van der Waals surface area contributed by atoms with Gasteiger partial charge in [0.25, 0.3) is 11.7 Å². The number of hydrogen-bond donors (Lipinski definition) is 6. The van der Waals surface area contributed by atoms with Crippen molar-refractivity contribution in [1.29, 1.82) is 0 Å². The van der Waals surface area contributed by atoms with E-state index in [0.717, 1.165) is 19.4 Å². The first-order chi connectivity index (χ1) is 33.7. The van der Waals surface area contributed by atoms with Crippen LogP contribution in [0.25, 0.3) is 11.4 Å². The maximum atomic E-state index is 14.0. The topological polar surface area (TPSA) is 301 Å². The van der Waals surface area contributed by atoms with Crippen molar-refractivity contribution in [3.8, 4) is 34.4 Å². The number of nitrogens with one attached hydrogen (secondary N) is 1. The molecule has 8 rings (SSSR count). The summed E-state index contributed by atoms with van der Waals surface area (Å²) >= 11 is 0. The van der Waals surface area contributed by atoms with Gasteiger partial charge in [-0.3, -0.25) is 23.9 Å². The number of aryl methyl sites for hydroxylation is 1. The lowest BCUT2D eigenvalue weighted by molar-refractivity contribution is -0.249. The predicted octanol–water partition coefficient (Wildman–Crippen LogP) is 4.03. The second-order valence-electron chi connectivity index (χ2n) is 17.9. The van der Waals surface area contributed by atoms with E-state index in [9.17, 15) is 44.7 Å². The smallest absolute Gasteiger partial charge is 0.293 e. The van der Waals surface area contributed by atoms with Crippen molar-refractivity contribution in [2.24, 2.45) is 0 Å². The molecule has 3 heterocycles. The first-order valence-corrected chi connectivity index (χ1v) is 23.5. The van der Waals surface area contributed by atoms with Crippen molar-refractivity contribution in [3.63, 3.8) is 0 Å². The highest BCUT2D eigenvalue weighted by molar-refractivity contribution is 6.31. The van der Waals surface area contributed by atoms with Crippen LogP contribution >= 0.6 is 0 Å². The van der Waals surface area contributed by atoms with E-state index >= 15 is 0 Å². The number of phenolic OH excluding ortho intramolecular Hbond substituents is 2. The molecular formula is C49H56N8O13. The number of benzene rings is 3. The second-order valence-corrected chi connectivity index (χ2v) is 17.9. The van der Waals surface area contributed by atoms with Crippen molar-refractivity contribution in [1.82, 2.24) is 40.7 Å². The van der Waals surface area contributed by atoms with Gasteiger partial charge in [-0.2, -0.15) is 0 Å². The molecule has 0 spiro atoms. The van der Waals surface area contributed by atoms with E-state index in [1.54, 1.807) is 24.3 Å². The molecule has 0 radical (unpaired) electrons. The Balaban J connectivity index is 0.910. The number of Topliss-reactive ketones (excluding diaryl/α,β-unsaturated/α-hetero) is 1. The summed E-state index contributed by atoms with van der Waals surface area (Å²) in [5, 5.41) is 83.3. The van der Waals surface area contributed by atoms with Gasteiger partial charge in [-0.15, -0.1) is 25.5 Å². The van der Waals surface area contributed by atoms with Gasteiger partial charge in [0, 0.05) is 48.1 Å². The summed E-state index contributed by atoms with van der Waals surface area (Å²) in [5.74, 6) is -4.75. The normalized spacial score (nSPS) is 21.7. The van der Waals surface area contributed by atoms with Gasteiger partial charge < -0.3 is 49.8 Å². The molecule has 2 aliphatic carbocycles. The predicted molar refractivity (Wildman–Crippen MR) is 245 cm³/mol. The van der Waals surface area contributed by atoms with Crippen LogP contribution < -0.4 is 14.8 Å². The summed E-state index contributed by atoms with van der Waals surface area (Å²) in [6.07, 6.45) is 5.09. The fourth-order valence-electron chi connectivity index (χ4n) is 9.31. The van der Waals surface area contributed by atoms with Crippen LogP contribution in [0.1, 0.15) is 143 Å². The largest absolute Gasteiger partial charge is 0.507 e. The number of carbonyl (C=O) groups is 4. The lowest BCUT2D eigenvalue weighted by atomic mass is 9.72. The molecule has 1 aliphatic heterocycles. The number of aliphatic hydroxyl groups is 3.